The van der Waals surface area contributed by atoms with Gasteiger partial charge in [-0.2, -0.15) is 4.39 Å². The van der Waals surface area contributed by atoms with Gasteiger partial charge >= 0.3 is 0 Å². The summed E-state index contributed by atoms with van der Waals surface area (Å²) in [5.74, 6) is -1.06. The van der Waals surface area contributed by atoms with Crippen molar-refractivity contribution in [3.8, 4) is 0 Å². The Morgan fingerprint density at radius 3 is 2.65 bits per heavy atom. The third-order valence-electron chi connectivity index (χ3n) is 5.80. The van der Waals surface area contributed by atoms with Crippen molar-refractivity contribution in [3.63, 3.8) is 0 Å². The lowest BCUT2D eigenvalue weighted by Gasteiger charge is -2.40. The quantitative estimate of drug-likeness (QED) is 0.162. The summed E-state index contributed by atoms with van der Waals surface area (Å²) in [5, 5.41) is 17.5. The molecule has 164 valence electrons. The minimum Gasteiger partial charge on any atom is -0.385 e. The minimum atomic E-state index is -0.668. The number of para-hydroxylation sites is 1. The molecule has 1 saturated carbocycles. The summed E-state index contributed by atoms with van der Waals surface area (Å²) in [6.45, 7) is 2.08. The van der Waals surface area contributed by atoms with Crippen LogP contribution < -0.4 is 16.0 Å². The summed E-state index contributed by atoms with van der Waals surface area (Å²) in [4.78, 5) is 15.0. The van der Waals surface area contributed by atoms with Crippen LogP contribution in [0.1, 0.15) is 39.0 Å². The topological polar surface area (TPSA) is 89.9 Å². The molecule has 0 amide bonds. The zero-order chi connectivity index (χ0) is 22.3. The lowest BCUT2D eigenvalue weighted by atomic mass is 9.77. The van der Waals surface area contributed by atoms with Crippen LogP contribution in [0.4, 0.5) is 20.2 Å². The number of halogens is 2. The molecule has 6 nitrogen and oxygen atoms in total. The number of hydrogen-bond acceptors (Lipinski definition) is 5. The van der Waals surface area contributed by atoms with Gasteiger partial charge in [-0.05, 0) is 50.3 Å². The number of rotatable bonds is 8. The largest absolute Gasteiger partial charge is 0.385 e. The van der Waals surface area contributed by atoms with Gasteiger partial charge < -0.3 is 16.0 Å². The number of aldehydes is 1. The van der Waals surface area contributed by atoms with E-state index < -0.39 is 5.95 Å². The van der Waals surface area contributed by atoms with Crippen LogP contribution in [0.5, 0.6) is 0 Å². The Morgan fingerprint density at radius 2 is 2.00 bits per heavy atom. The minimum absolute atomic E-state index is 0.130. The second-order valence-corrected chi connectivity index (χ2v) is 7.76. The summed E-state index contributed by atoms with van der Waals surface area (Å²) < 4.78 is 27.1. The summed E-state index contributed by atoms with van der Waals surface area (Å²) in [6, 6.07) is 9.50. The van der Waals surface area contributed by atoms with Crippen LogP contribution in [0.25, 0.3) is 0 Å². The summed E-state index contributed by atoms with van der Waals surface area (Å²) in [7, 11) is 0. The molecule has 0 radical (unpaired) electrons. The van der Waals surface area contributed by atoms with Gasteiger partial charge in [0.2, 0.25) is 5.95 Å². The molecule has 1 aliphatic rings. The van der Waals surface area contributed by atoms with E-state index in [9.17, 15) is 13.6 Å². The molecule has 1 heterocycles. The van der Waals surface area contributed by atoms with Crippen molar-refractivity contribution in [2.75, 3.05) is 10.6 Å². The fraction of sp³-hybridized carbons (Fsp3) is 0.348. The number of nitrogens with one attached hydrogen (secondary N) is 4. The Hall–Kier alpha value is -3.29. The lowest BCUT2D eigenvalue weighted by Crippen LogP contribution is -2.47. The second kappa shape index (κ2) is 10.1. The third kappa shape index (κ3) is 5.87. The number of carbonyl (C=O) groups is 1. The average Bonchev–Trinajstić information content (AvgIpc) is 2.77. The molecule has 3 rings (SSSR count). The number of amidine groups is 1. The van der Waals surface area contributed by atoms with Crippen LogP contribution in [0.15, 0.2) is 54.4 Å². The van der Waals surface area contributed by atoms with Crippen LogP contribution in [-0.4, -0.2) is 28.7 Å². The molecule has 1 aromatic heterocycles. The highest BCUT2D eigenvalue weighted by Crippen LogP contribution is 2.33. The maximum atomic E-state index is 13.9. The normalized spacial score (nSPS) is 21.3. The molecule has 8 heteroatoms. The number of benzene rings is 1. The fourth-order valence-corrected chi connectivity index (χ4v) is 3.81. The van der Waals surface area contributed by atoms with E-state index in [1.165, 1.54) is 18.3 Å². The molecule has 2 aromatic rings. The van der Waals surface area contributed by atoms with Crippen LogP contribution >= 0.6 is 0 Å². The van der Waals surface area contributed by atoms with Crippen molar-refractivity contribution in [1.29, 1.82) is 5.41 Å². The first-order valence-corrected chi connectivity index (χ1v) is 10.4. The highest BCUT2D eigenvalue weighted by molar-refractivity contribution is 6.17. The van der Waals surface area contributed by atoms with Gasteiger partial charge in [-0.3, -0.25) is 10.2 Å². The van der Waals surface area contributed by atoms with Crippen molar-refractivity contribution in [2.45, 2.75) is 50.6 Å². The monoisotopic (exact) mass is 427 g/mol. The van der Waals surface area contributed by atoms with E-state index in [0.717, 1.165) is 38.2 Å². The van der Waals surface area contributed by atoms with Crippen molar-refractivity contribution in [2.24, 2.45) is 0 Å². The molecule has 0 unspecified atom stereocenters. The van der Waals surface area contributed by atoms with Gasteiger partial charge in [-0.25, -0.2) is 9.37 Å². The average molecular weight is 427 g/mol. The first kappa shape index (κ1) is 22.4. The van der Waals surface area contributed by atoms with E-state index in [1.807, 2.05) is 0 Å². The molecule has 0 spiro atoms. The molecule has 31 heavy (non-hydrogen) atoms. The molecular formula is C23H27F2N5O. The van der Waals surface area contributed by atoms with Gasteiger partial charge in [0.15, 0.2) is 6.29 Å². The third-order valence-corrected chi connectivity index (χ3v) is 5.80. The van der Waals surface area contributed by atoms with Gasteiger partial charge in [0, 0.05) is 35.7 Å². The molecule has 0 atom stereocenters. The Balaban J connectivity index is 1.60. The van der Waals surface area contributed by atoms with Gasteiger partial charge in [-0.1, -0.05) is 19.1 Å². The zero-order valence-electron chi connectivity index (χ0n) is 17.4. The number of anilines is 2. The highest BCUT2D eigenvalue weighted by atomic mass is 19.1. The fourth-order valence-electron chi connectivity index (χ4n) is 3.81. The van der Waals surface area contributed by atoms with E-state index >= 15 is 0 Å². The van der Waals surface area contributed by atoms with E-state index in [1.54, 1.807) is 24.4 Å². The Bertz CT molecular complexity index is 954. The molecule has 1 aliphatic carbocycles. The van der Waals surface area contributed by atoms with Crippen LogP contribution in [0, 0.1) is 17.2 Å². The van der Waals surface area contributed by atoms with Crippen molar-refractivity contribution in [3.05, 3.63) is 66.1 Å². The number of carbonyl (C=O) groups excluding carboxylic acids is 1. The van der Waals surface area contributed by atoms with E-state index in [-0.39, 0.29) is 28.8 Å². The molecular weight excluding hydrogens is 400 g/mol. The summed E-state index contributed by atoms with van der Waals surface area (Å²) in [6.07, 6.45) is 7.66. The Kier molecular flexibility index (Phi) is 7.33. The van der Waals surface area contributed by atoms with Crippen molar-refractivity contribution >= 4 is 23.5 Å². The highest BCUT2D eigenvalue weighted by Gasteiger charge is 2.33. The molecule has 0 aliphatic heterocycles. The number of hydrogen-bond donors (Lipinski definition) is 4. The zero-order valence-corrected chi connectivity index (χ0v) is 17.4. The standard InChI is InChI=1S/C23H27F2N5O/c1-2-23(10-7-17(8-11-23)29-20-6-4-3-5-19(20)24)28-14-16(15-31)22(26)30-18-9-12-27-21(25)13-18/h3-6,9,12-15,17,28-29H,2,7-8,10-11H2,1H3,(H2,26,27,30)/b16-14-. The first-order chi connectivity index (χ1) is 14.9. The van der Waals surface area contributed by atoms with Crippen molar-refractivity contribution in [1.82, 2.24) is 10.3 Å². The molecule has 0 bridgehead atoms. The predicted molar refractivity (Wildman–Crippen MR) is 118 cm³/mol. The van der Waals surface area contributed by atoms with Crippen LogP contribution in [0.2, 0.25) is 0 Å². The molecule has 0 saturated heterocycles. The predicted octanol–water partition coefficient (Wildman–Crippen LogP) is 4.62. The van der Waals surface area contributed by atoms with Gasteiger partial charge in [0.1, 0.15) is 11.7 Å². The smallest absolute Gasteiger partial charge is 0.214 e. The van der Waals surface area contributed by atoms with Gasteiger partial charge in [0.25, 0.3) is 0 Å². The van der Waals surface area contributed by atoms with E-state index in [0.29, 0.717) is 17.7 Å². The number of nitrogens with zero attached hydrogens (tertiary/aromatic N) is 1. The van der Waals surface area contributed by atoms with Crippen LogP contribution in [0.3, 0.4) is 0 Å². The van der Waals surface area contributed by atoms with E-state index in [4.69, 9.17) is 5.41 Å². The van der Waals surface area contributed by atoms with Gasteiger partial charge in [0.05, 0.1) is 11.3 Å². The lowest BCUT2D eigenvalue weighted by molar-refractivity contribution is -0.104. The van der Waals surface area contributed by atoms with Gasteiger partial charge in [-0.15, -0.1) is 0 Å². The summed E-state index contributed by atoms with van der Waals surface area (Å²) in [5.41, 5.74) is 0.788. The van der Waals surface area contributed by atoms with E-state index in [2.05, 4.69) is 27.9 Å². The van der Waals surface area contributed by atoms with Crippen LogP contribution in [-0.2, 0) is 4.79 Å². The molecule has 1 fully saturated rings. The SMILES string of the molecule is CCC1(N/C=C(/C=O)C(=N)Nc2ccnc(F)c2)CCC(Nc2ccccc2F)CC1. The first-order valence-electron chi connectivity index (χ1n) is 10.4. The second-order valence-electron chi connectivity index (χ2n) is 7.76. The Labute approximate surface area is 180 Å². The maximum absolute atomic E-state index is 13.9. The Morgan fingerprint density at radius 1 is 1.26 bits per heavy atom. The molecule has 1 aromatic carbocycles. The van der Waals surface area contributed by atoms with Crippen molar-refractivity contribution < 1.29 is 13.6 Å². The number of aromatic nitrogens is 1. The number of pyridine rings is 1. The summed E-state index contributed by atoms with van der Waals surface area (Å²) >= 11 is 0. The maximum Gasteiger partial charge on any atom is 0.214 e. The molecule has 4 N–H and O–H groups in total.